The second-order valence-electron chi connectivity index (χ2n) is 7.29. The van der Waals surface area contributed by atoms with Crippen LogP contribution in [0, 0.1) is 0 Å². The number of nitrogens with zero attached hydrogens (tertiary/aromatic N) is 1. The average Bonchev–Trinajstić information content (AvgIpc) is 3.27. The van der Waals surface area contributed by atoms with Crippen LogP contribution in [0.2, 0.25) is 0 Å². The lowest BCUT2D eigenvalue weighted by Gasteiger charge is -2.38. The molecule has 152 valence electrons. The molecule has 1 amide bonds. The monoisotopic (exact) mass is 404 g/mol. The Kier molecular flexibility index (Phi) is 4.72. The highest BCUT2D eigenvalue weighted by Crippen LogP contribution is 2.38. The summed E-state index contributed by atoms with van der Waals surface area (Å²) in [4.78, 5) is 29.1. The van der Waals surface area contributed by atoms with Gasteiger partial charge in [-0.3, -0.25) is 9.59 Å². The van der Waals surface area contributed by atoms with Crippen LogP contribution in [-0.4, -0.2) is 35.7 Å². The van der Waals surface area contributed by atoms with E-state index in [1.54, 1.807) is 11.0 Å². The van der Waals surface area contributed by atoms with E-state index >= 15 is 0 Å². The van der Waals surface area contributed by atoms with Gasteiger partial charge in [-0.25, -0.2) is 0 Å². The van der Waals surface area contributed by atoms with Gasteiger partial charge in [-0.15, -0.1) is 0 Å². The van der Waals surface area contributed by atoms with Gasteiger partial charge in [0.05, 0.1) is 13.1 Å². The predicted molar refractivity (Wildman–Crippen MR) is 109 cm³/mol. The smallest absolute Gasteiger partial charge is 0.254 e. The molecule has 1 N–H and O–H groups in total. The van der Waals surface area contributed by atoms with E-state index in [0.29, 0.717) is 30.2 Å². The maximum absolute atomic E-state index is 13.2. The Balaban J connectivity index is 1.48. The number of carbonyl (C=O) groups excluding carboxylic acids is 1. The van der Waals surface area contributed by atoms with Crippen molar-refractivity contribution in [3.63, 3.8) is 0 Å². The molecule has 1 aromatic heterocycles. The number of aromatic nitrogens is 1. The van der Waals surface area contributed by atoms with Crippen LogP contribution in [0.15, 0.2) is 71.7 Å². The van der Waals surface area contributed by atoms with Gasteiger partial charge in [0.25, 0.3) is 5.91 Å². The van der Waals surface area contributed by atoms with Gasteiger partial charge in [0, 0.05) is 17.8 Å². The molecule has 7 nitrogen and oxygen atoms in total. The van der Waals surface area contributed by atoms with Gasteiger partial charge in [0.15, 0.2) is 11.5 Å². The van der Waals surface area contributed by atoms with E-state index in [4.69, 9.17) is 14.2 Å². The minimum Gasteiger partial charge on any atom is -0.454 e. The number of rotatable bonds is 3. The quantitative estimate of drug-likeness (QED) is 0.726. The SMILES string of the molecule is O=C(c1cc[nH]c(=O)c1)N1C[C@@H](c2ccccc2)O[C@@H](c2ccc3c(c2)OCO3)C1. The van der Waals surface area contributed by atoms with Crippen molar-refractivity contribution in [1.82, 2.24) is 9.88 Å². The topological polar surface area (TPSA) is 80.9 Å². The van der Waals surface area contributed by atoms with Crippen LogP contribution >= 0.6 is 0 Å². The van der Waals surface area contributed by atoms with Crippen molar-refractivity contribution in [2.24, 2.45) is 0 Å². The zero-order valence-electron chi connectivity index (χ0n) is 16.1. The highest BCUT2D eigenvalue weighted by molar-refractivity contribution is 5.94. The fourth-order valence-electron chi connectivity index (χ4n) is 3.83. The molecule has 30 heavy (non-hydrogen) atoms. The Labute approximate surface area is 172 Å². The summed E-state index contributed by atoms with van der Waals surface area (Å²) in [6.07, 6.45) is 0.853. The Bertz CT molecular complexity index is 1130. The van der Waals surface area contributed by atoms with Gasteiger partial charge in [0.1, 0.15) is 12.2 Å². The number of hydrogen-bond acceptors (Lipinski definition) is 5. The summed E-state index contributed by atoms with van der Waals surface area (Å²) in [6, 6.07) is 18.5. The van der Waals surface area contributed by atoms with E-state index in [1.165, 1.54) is 12.3 Å². The molecule has 2 aliphatic rings. The predicted octanol–water partition coefficient (Wildman–Crippen LogP) is 3.06. The largest absolute Gasteiger partial charge is 0.454 e. The molecule has 0 bridgehead atoms. The molecule has 3 aromatic rings. The molecule has 2 aromatic carbocycles. The molecule has 1 saturated heterocycles. The summed E-state index contributed by atoms with van der Waals surface area (Å²) in [6.45, 7) is 0.968. The summed E-state index contributed by atoms with van der Waals surface area (Å²) < 4.78 is 17.3. The van der Waals surface area contributed by atoms with Gasteiger partial charge in [-0.1, -0.05) is 36.4 Å². The Morgan fingerprint density at radius 1 is 0.900 bits per heavy atom. The normalized spacial score (nSPS) is 20.2. The molecule has 2 aliphatic heterocycles. The lowest BCUT2D eigenvalue weighted by molar-refractivity contribution is -0.0797. The second-order valence-corrected chi connectivity index (χ2v) is 7.29. The zero-order chi connectivity index (χ0) is 20.5. The number of aromatic amines is 1. The average molecular weight is 404 g/mol. The molecule has 0 radical (unpaired) electrons. The maximum atomic E-state index is 13.2. The Morgan fingerprint density at radius 2 is 1.67 bits per heavy atom. The first kappa shape index (κ1) is 18.4. The summed E-state index contributed by atoms with van der Waals surface area (Å²) in [5.41, 5.74) is 1.95. The minimum atomic E-state index is -0.343. The van der Waals surface area contributed by atoms with Gasteiger partial charge in [0.2, 0.25) is 12.4 Å². The standard InChI is InChI=1S/C23H20N2O5/c26-22-11-17(8-9-24-22)23(27)25-12-20(15-4-2-1-3-5-15)30-21(13-25)16-6-7-18-19(10-16)29-14-28-18/h1-11,20-21H,12-14H2,(H,24,26)/t20-,21+/m0/s1. The van der Waals surface area contributed by atoms with Crippen molar-refractivity contribution in [1.29, 1.82) is 0 Å². The second kappa shape index (κ2) is 7.68. The third-order valence-corrected chi connectivity index (χ3v) is 5.35. The van der Waals surface area contributed by atoms with Crippen LogP contribution in [-0.2, 0) is 4.74 Å². The summed E-state index contributed by atoms with van der Waals surface area (Å²) >= 11 is 0. The van der Waals surface area contributed by atoms with E-state index in [-0.39, 0.29) is 30.5 Å². The van der Waals surface area contributed by atoms with Crippen LogP contribution in [0.5, 0.6) is 11.5 Å². The fraction of sp³-hybridized carbons (Fsp3) is 0.217. The number of hydrogen-bond donors (Lipinski definition) is 1. The molecule has 5 rings (SSSR count). The van der Waals surface area contributed by atoms with Crippen molar-refractivity contribution < 1.29 is 19.0 Å². The Hall–Kier alpha value is -3.58. The number of carbonyl (C=O) groups is 1. The minimum absolute atomic E-state index is 0.198. The molecule has 0 saturated carbocycles. The number of ether oxygens (including phenoxy) is 3. The third kappa shape index (κ3) is 3.55. The van der Waals surface area contributed by atoms with Gasteiger partial charge < -0.3 is 24.1 Å². The van der Waals surface area contributed by atoms with Crippen LogP contribution < -0.4 is 15.0 Å². The summed E-state index contributed by atoms with van der Waals surface area (Å²) in [5.74, 6) is 1.17. The first-order chi connectivity index (χ1) is 14.7. The number of pyridine rings is 1. The molecule has 1 fully saturated rings. The molecule has 2 atom stereocenters. The number of benzene rings is 2. The fourth-order valence-corrected chi connectivity index (χ4v) is 3.83. The van der Waals surface area contributed by atoms with Crippen LogP contribution in [0.4, 0.5) is 0 Å². The molecule has 3 heterocycles. The van der Waals surface area contributed by atoms with E-state index < -0.39 is 0 Å². The first-order valence-electron chi connectivity index (χ1n) is 9.75. The molecular weight excluding hydrogens is 384 g/mol. The number of H-pyrrole nitrogens is 1. The lowest BCUT2D eigenvalue weighted by atomic mass is 10.0. The molecular formula is C23H20N2O5. The zero-order valence-corrected chi connectivity index (χ0v) is 16.1. The van der Waals surface area contributed by atoms with E-state index in [2.05, 4.69) is 4.98 Å². The van der Waals surface area contributed by atoms with Crippen LogP contribution in [0.3, 0.4) is 0 Å². The van der Waals surface area contributed by atoms with E-state index in [0.717, 1.165) is 11.1 Å². The highest BCUT2D eigenvalue weighted by Gasteiger charge is 2.33. The molecule has 0 spiro atoms. The lowest BCUT2D eigenvalue weighted by Crippen LogP contribution is -2.44. The number of fused-ring (bicyclic) bond motifs is 1. The molecule has 0 aliphatic carbocycles. The summed E-state index contributed by atoms with van der Waals surface area (Å²) in [7, 11) is 0. The Morgan fingerprint density at radius 3 is 2.47 bits per heavy atom. The molecule has 0 unspecified atom stereocenters. The van der Waals surface area contributed by atoms with Crippen molar-refractivity contribution in [3.05, 3.63) is 93.9 Å². The van der Waals surface area contributed by atoms with Crippen LogP contribution in [0.1, 0.15) is 33.7 Å². The van der Waals surface area contributed by atoms with Crippen molar-refractivity contribution >= 4 is 5.91 Å². The third-order valence-electron chi connectivity index (χ3n) is 5.35. The number of morpholine rings is 1. The number of nitrogens with one attached hydrogen (secondary N) is 1. The van der Waals surface area contributed by atoms with Crippen molar-refractivity contribution in [2.75, 3.05) is 19.9 Å². The molecule has 7 heteroatoms. The first-order valence-corrected chi connectivity index (χ1v) is 9.75. The van der Waals surface area contributed by atoms with Gasteiger partial charge >= 0.3 is 0 Å². The number of amides is 1. The van der Waals surface area contributed by atoms with E-state index in [9.17, 15) is 9.59 Å². The summed E-state index contributed by atoms with van der Waals surface area (Å²) in [5, 5.41) is 0. The highest BCUT2D eigenvalue weighted by atomic mass is 16.7. The van der Waals surface area contributed by atoms with Gasteiger partial charge in [-0.2, -0.15) is 0 Å². The van der Waals surface area contributed by atoms with Crippen LogP contribution in [0.25, 0.3) is 0 Å². The van der Waals surface area contributed by atoms with Gasteiger partial charge in [-0.05, 0) is 29.3 Å². The van der Waals surface area contributed by atoms with Crippen molar-refractivity contribution in [2.45, 2.75) is 12.2 Å². The van der Waals surface area contributed by atoms with Crippen molar-refractivity contribution in [3.8, 4) is 11.5 Å². The van der Waals surface area contributed by atoms with E-state index in [1.807, 2.05) is 48.5 Å². The maximum Gasteiger partial charge on any atom is 0.254 e.